The number of allylic oxidation sites excluding steroid dienone is 1. The predicted molar refractivity (Wildman–Crippen MR) is 174 cm³/mol. The Kier molecular flexibility index (Phi) is 8.64. The SMILES string of the molecule is CC/C(=C(\c1ccc(O)cc1)c1ccc(OCCNc2cccc3c2CN(C2CCC(=O)NC2=O)C3=O)cc1)c1ccccc1. The molecule has 8 heteroatoms. The Labute approximate surface area is 262 Å². The summed E-state index contributed by atoms with van der Waals surface area (Å²) in [6, 6.07) is 30.6. The van der Waals surface area contributed by atoms with Crippen LogP contribution in [0.15, 0.2) is 97.1 Å². The lowest BCUT2D eigenvalue weighted by atomic mass is 9.88. The lowest BCUT2D eigenvalue weighted by molar-refractivity contribution is -0.136. The van der Waals surface area contributed by atoms with Crippen LogP contribution < -0.4 is 15.4 Å². The Hall–Kier alpha value is -5.37. The number of amides is 3. The zero-order valence-electron chi connectivity index (χ0n) is 25.1. The van der Waals surface area contributed by atoms with E-state index in [0.717, 1.165) is 45.7 Å². The highest BCUT2D eigenvalue weighted by atomic mass is 16.5. The van der Waals surface area contributed by atoms with Crippen LogP contribution in [-0.2, 0) is 16.1 Å². The highest BCUT2D eigenvalue weighted by Crippen LogP contribution is 2.36. The summed E-state index contributed by atoms with van der Waals surface area (Å²) < 4.78 is 6.06. The number of benzene rings is 4. The van der Waals surface area contributed by atoms with Gasteiger partial charge in [0, 0.05) is 36.3 Å². The number of hydrogen-bond acceptors (Lipinski definition) is 6. The summed E-state index contributed by atoms with van der Waals surface area (Å²) in [5, 5.41) is 15.6. The Morgan fingerprint density at radius 1 is 0.889 bits per heavy atom. The fraction of sp³-hybridized carbons (Fsp3) is 0.216. The fourth-order valence-corrected chi connectivity index (χ4v) is 6.13. The molecule has 0 aromatic heterocycles. The minimum atomic E-state index is -0.646. The van der Waals surface area contributed by atoms with Gasteiger partial charge in [0.05, 0.1) is 0 Å². The molecule has 4 aromatic carbocycles. The average molecular weight is 602 g/mol. The summed E-state index contributed by atoms with van der Waals surface area (Å²) in [4.78, 5) is 38.6. The molecule has 2 heterocycles. The number of aromatic hydroxyl groups is 1. The molecule has 0 spiro atoms. The number of carbonyl (C=O) groups is 3. The van der Waals surface area contributed by atoms with Gasteiger partial charge in [-0.25, -0.2) is 0 Å². The molecule has 3 amide bonds. The number of anilines is 1. The van der Waals surface area contributed by atoms with Crippen molar-refractivity contribution in [1.82, 2.24) is 10.2 Å². The van der Waals surface area contributed by atoms with Gasteiger partial charge in [0.2, 0.25) is 11.8 Å². The number of phenols is 1. The first kappa shape index (κ1) is 29.7. The Bertz CT molecular complexity index is 1750. The van der Waals surface area contributed by atoms with Crippen molar-refractivity contribution in [2.75, 3.05) is 18.5 Å². The molecule has 0 aliphatic carbocycles. The molecule has 0 saturated carbocycles. The number of carbonyl (C=O) groups excluding carboxylic acids is 3. The van der Waals surface area contributed by atoms with E-state index < -0.39 is 11.9 Å². The van der Waals surface area contributed by atoms with E-state index in [1.807, 2.05) is 54.6 Å². The van der Waals surface area contributed by atoms with Gasteiger partial charge >= 0.3 is 0 Å². The van der Waals surface area contributed by atoms with Crippen molar-refractivity contribution >= 4 is 34.6 Å². The standard InChI is InChI=1S/C37H35N3O5/c1-2-29(24-7-4-3-5-8-24)35(25-11-15-27(41)16-12-25)26-13-17-28(18-14-26)45-22-21-38-32-10-6-9-30-31(32)23-40(37(30)44)33-19-20-34(42)39-36(33)43/h3-18,33,38,41H,2,19-23H2,1H3,(H,39,42,43)/b35-29-. The van der Waals surface area contributed by atoms with Crippen molar-refractivity contribution in [2.45, 2.75) is 38.8 Å². The Morgan fingerprint density at radius 2 is 1.60 bits per heavy atom. The molecule has 0 radical (unpaired) electrons. The third kappa shape index (κ3) is 6.31. The van der Waals surface area contributed by atoms with E-state index >= 15 is 0 Å². The highest BCUT2D eigenvalue weighted by Gasteiger charge is 2.39. The summed E-state index contributed by atoms with van der Waals surface area (Å²) >= 11 is 0. The van der Waals surface area contributed by atoms with E-state index in [0.29, 0.717) is 31.7 Å². The topological polar surface area (TPSA) is 108 Å². The molecule has 0 bridgehead atoms. The summed E-state index contributed by atoms with van der Waals surface area (Å²) in [5.74, 6) is 0.0500. The molecular formula is C37H35N3O5. The zero-order valence-corrected chi connectivity index (χ0v) is 25.1. The molecule has 1 fully saturated rings. The van der Waals surface area contributed by atoms with Crippen LogP contribution in [0.25, 0.3) is 11.1 Å². The van der Waals surface area contributed by atoms with E-state index in [4.69, 9.17) is 4.74 Å². The first-order valence-corrected chi connectivity index (χ1v) is 15.2. The largest absolute Gasteiger partial charge is 0.508 e. The molecule has 1 saturated heterocycles. The second kappa shape index (κ2) is 13.1. The number of fused-ring (bicyclic) bond motifs is 1. The van der Waals surface area contributed by atoms with Crippen LogP contribution >= 0.6 is 0 Å². The van der Waals surface area contributed by atoms with Crippen molar-refractivity contribution in [3.63, 3.8) is 0 Å². The minimum absolute atomic E-state index is 0.196. The van der Waals surface area contributed by atoms with Crippen molar-refractivity contribution < 1.29 is 24.2 Å². The highest BCUT2D eigenvalue weighted by molar-refractivity contribution is 6.06. The molecule has 8 nitrogen and oxygen atoms in total. The fourth-order valence-electron chi connectivity index (χ4n) is 6.13. The maximum Gasteiger partial charge on any atom is 0.255 e. The second-order valence-corrected chi connectivity index (χ2v) is 11.2. The Morgan fingerprint density at radius 3 is 2.29 bits per heavy atom. The summed E-state index contributed by atoms with van der Waals surface area (Å²) in [5.41, 5.74) is 7.79. The summed E-state index contributed by atoms with van der Waals surface area (Å²) in [6.07, 6.45) is 1.39. The van der Waals surface area contributed by atoms with Crippen LogP contribution in [0.3, 0.4) is 0 Å². The maximum absolute atomic E-state index is 13.1. The second-order valence-electron chi connectivity index (χ2n) is 11.2. The van der Waals surface area contributed by atoms with Gasteiger partial charge in [-0.3, -0.25) is 19.7 Å². The number of nitrogens with one attached hydrogen (secondary N) is 2. The molecule has 2 aliphatic heterocycles. The average Bonchev–Trinajstić information content (AvgIpc) is 3.39. The van der Waals surface area contributed by atoms with Gasteiger partial charge in [-0.1, -0.05) is 67.6 Å². The van der Waals surface area contributed by atoms with Crippen molar-refractivity contribution in [1.29, 1.82) is 0 Å². The summed E-state index contributed by atoms with van der Waals surface area (Å²) in [7, 11) is 0. The van der Waals surface area contributed by atoms with Gasteiger partial charge in [-0.2, -0.15) is 0 Å². The molecule has 4 aromatic rings. The first-order chi connectivity index (χ1) is 21.9. The lowest BCUT2D eigenvalue weighted by Gasteiger charge is -2.29. The van der Waals surface area contributed by atoms with Crippen LogP contribution in [0.5, 0.6) is 11.5 Å². The van der Waals surface area contributed by atoms with Crippen LogP contribution in [0, 0.1) is 0 Å². The zero-order chi connectivity index (χ0) is 31.3. The quantitative estimate of drug-likeness (QED) is 0.117. The molecule has 1 unspecified atom stereocenters. The molecule has 6 rings (SSSR count). The normalized spacial score (nSPS) is 16.6. The third-order valence-electron chi connectivity index (χ3n) is 8.34. The maximum atomic E-state index is 13.1. The molecule has 2 aliphatic rings. The van der Waals surface area contributed by atoms with Gasteiger partial charge in [0.1, 0.15) is 24.1 Å². The van der Waals surface area contributed by atoms with Gasteiger partial charge in [0.25, 0.3) is 5.91 Å². The van der Waals surface area contributed by atoms with Crippen molar-refractivity contribution in [3.05, 3.63) is 125 Å². The third-order valence-corrected chi connectivity index (χ3v) is 8.34. The molecule has 228 valence electrons. The number of nitrogens with zero attached hydrogens (tertiary/aromatic N) is 1. The molecular weight excluding hydrogens is 566 g/mol. The molecule has 3 N–H and O–H groups in total. The summed E-state index contributed by atoms with van der Waals surface area (Å²) in [6.45, 7) is 3.37. The van der Waals surface area contributed by atoms with E-state index in [1.54, 1.807) is 23.1 Å². The molecule has 1 atom stereocenters. The van der Waals surface area contributed by atoms with Gasteiger partial charge in [0.15, 0.2) is 0 Å². The van der Waals surface area contributed by atoms with E-state index in [2.05, 4.69) is 41.8 Å². The van der Waals surface area contributed by atoms with Gasteiger partial charge in [-0.15, -0.1) is 0 Å². The Balaban J connectivity index is 1.13. The number of imide groups is 1. The lowest BCUT2D eigenvalue weighted by Crippen LogP contribution is -2.52. The van der Waals surface area contributed by atoms with Crippen LogP contribution in [0.1, 0.15) is 58.8 Å². The van der Waals surface area contributed by atoms with Crippen LogP contribution in [0.2, 0.25) is 0 Å². The minimum Gasteiger partial charge on any atom is -0.508 e. The van der Waals surface area contributed by atoms with E-state index in [-0.39, 0.29) is 24.0 Å². The van der Waals surface area contributed by atoms with Crippen molar-refractivity contribution in [3.8, 4) is 11.5 Å². The molecule has 45 heavy (non-hydrogen) atoms. The smallest absolute Gasteiger partial charge is 0.255 e. The van der Waals surface area contributed by atoms with E-state index in [1.165, 1.54) is 5.57 Å². The van der Waals surface area contributed by atoms with Crippen LogP contribution in [0.4, 0.5) is 5.69 Å². The monoisotopic (exact) mass is 601 g/mol. The van der Waals surface area contributed by atoms with Gasteiger partial charge < -0.3 is 20.1 Å². The number of hydrogen-bond donors (Lipinski definition) is 3. The van der Waals surface area contributed by atoms with Crippen molar-refractivity contribution in [2.24, 2.45) is 0 Å². The number of phenolic OH excluding ortho intramolecular Hbond substituents is 1. The number of ether oxygens (including phenoxy) is 1. The van der Waals surface area contributed by atoms with Gasteiger partial charge in [-0.05, 0) is 77.1 Å². The van der Waals surface area contributed by atoms with E-state index in [9.17, 15) is 19.5 Å². The first-order valence-electron chi connectivity index (χ1n) is 15.2. The number of rotatable bonds is 10. The van der Waals surface area contributed by atoms with Crippen LogP contribution in [-0.4, -0.2) is 46.9 Å². The predicted octanol–water partition coefficient (Wildman–Crippen LogP) is 6.01. The number of piperidine rings is 1.